The SMILES string of the molecule is O=S1(=O)[CH]CCCCC1. The van der Waals surface area contributed by atoms with Gasteiger partial charge >= 0.3 is 0 Å². The molecule has 1 aliphatic heterocycles. The van der Waals surface area contributed by atoms with Crippen molar-refractivity contribution in [2.24, 2.45) is 0 Å². The highest BCUT2D eigenvalue weighted by molar-refractivity contribution is 7.93. The Kier molecular flexibility index (Phi) is 2.11. The van der Waals surface area contributed by atoms with Crippen LogP contribution in [0.2, 0.25) is 0 Å². The molecule has 1 rings (SSSR count). The minimum Gasteiger partial charge on any atom is -0.229 e. The molecule has 2 nitrogen and oxygen atoms in total. The van der Waals surface area contributed by atoms with Crippen molar-refractivity contribution in [1.29, 1.82) is 0 Å². The summed E-state index contributed by atoms with van der Waals surface area (Å²) in [6.45, 7) is 0. The van der Waals surface area contributed by atoms with Crippen molar-refractivity contribution in [2.75, 3.05) is 5.75 Å². The molecule has 1 saturated heterocycles. The van der Waals surface area contributed by atoms with Gasteiger partial charge in [0, 0.05) is 0 Å². The van der Waals surface area contributed by atoms with Crippen LogP contribution < -0.4 is 0 Å². The normalized spacial score (nSPS) is 27.1. The predicted molar refractivity (Wildman–Crippen MR) is 36.6 cm³/mol. The Hall–Kier alpha value is -0.0500. The quantitative estimate of drug-likeness (QED) is 0.515. The zero-order chi connectivity index (χ0) is 6.74. The standard InChI is InChI=1S/C6H11O2S/c7-9(8)5-3-1-2-4-6-9/h5H,1-4,6H2. The molecular formula is C6H11O2S. The molecule has 53 valence electrons. The van der Waals surface area contributed by atoms with E-state index in [1.165, 1.54) is 5.75 Å². The number of hydrogen-bond donors (Lipinski definition) is 0. The Morgan fingerprint density at radius 1 is 1.11 bits per heavy atom. The lowest BCUT2D eigenvalue weighted by Gasteiger charge is -1.92. The Bertz CT molecular complexity index is 155. The Balaban J connectivity index is 2.56. The van der Waals surface area contributed by atoms with Gasteiger partial charge in [0.15, 0.2) is 9.84 Å². The molecule has 1 aliphatic rings. The van der Waals surface area contributed by atoms with Gasteiger partial charge in [-0.05, 0) is 12.8 Å². The van der Waals surface area contributed by atoms with Crippen LogP contribution in [0.15, 0.2) is 0 Å². The minimum atomic E-state index is -2.74. The monoisotopic (exact) mass is 147 g/mol. The van der Waals surface area contributed by atoms with Crippen molar-refractivity contribution >= 4 is 9.84 Å². The van der Waals surface area contributed by atoms with E-state index in [4.69, 9.17) is 0 Å². The lowest BCUT2D eigenvalue weighted by Crippen LogP contribution is -2.02. The van der Waals surface area contributed by atoms with E-state index in [-0.39, 0.29) is 0 Å². The van der Waals surface area contributed by atoms with E-state index in [1.807, 2.05) is 0 Å². The van der Waals surface area contributed by atoms with E-state index in [0.29, 0.717) is 5.75 Å². The maximum absolute atomic E-state index is 10.8. The molecule has 0 amide bonds. The van der Waals surface area contributed by atoms with Crippen LogP contribution in [-0.2, 0) is 9.84 Å². The highest BCUT2D eigenvalue weighted by atomic mass is 32.2. The lowest BCUT2D eigenvalue weighted by atomic mass is 10.2. The summed E-state index contributed by atoms with van der Waals surface area (Å²) in [4.78, 5) is 0. The lowest BCUT2D eigenvalue weighted by molar-refractivity contribution is 0.600. The van der Waals surface area contributed by atoms with Gasteiger partial charge in [-0.25, -0.2) is 8.42 Å². The van der Waals surface area contributed by atoms with E-state index in [1.54, 1.807) is 0 Å². The molecule has 0 aromatic heterocycles. The van der Waals surface area contributed by atoms with Gasteiger partial charge in [0.05, 0.1) is 11.5 Å². The van der Waals surface area contributed by atoms with Gasteiger partial charge in [0.1, 0.15) is 0 Å². The molecule has 0 atom stereocenters. The summed E-state index contributed by atoms with van der Waals surface area (Å²) in [5.41, 5.74) is 0. The molecule has 3 heteroatoms. The second-order valence-corrected chi connectivity index (χ2v) is 4.45. The van der Waals surface area contributed by atoms with Crippen molar-refractivity contribution in [1.82, 2.24) is 0 Å². The summed E-state index contributed by atoms with van der Waals surface area (Å²) >= 11 is 0. The molecule has 0 N–H and O–H groups in total. The second-order valence-electron chi connectivity index (χ2n) is 2.38. The van der Waals surface area contributed by atoms with Crippen LogP contribution in [0.25, 0.3) is 0 Å². The highest BCUT2D eigenvalue weighted by Crippen LogP contribution is 2.14. The van der Waals surface area contributed by atoms with E-state index in [9.17, 15) is 8.42 Å². The zero-order valence-electron chi connectivity index (χ0n) is 5.34. The van der Waals surface area contributed by atoms with Crippen LogP contribution in [0.3, 0.4) is 0 Å². The predicted octanol–water partition coefficient (Wildman–Crippen LogP) is 1.14. The minimum absolute atomic E-state index is 0.368. The number of hydrogen-bond acceptors (Lipinski definition) is 2. The summed E-state index contributed by atoms with van der Waals surface area (Å²) in [5, 5.41) is 0. The van der Waals surface area contributed by atoms with Crippen LogP contribution in [0.4, 0.5) is 0 Å². The van der Waals surface area contributed by atoms with Crippen LogP contribution in [0.1, 0.15) is 25.7 Å². The van der Waals surface area contributed by atoms with Gasteiger partial charge in [-0.3, -0.25) is 0 Å². The molecule has 0 bridgehead atoms. The number of rotatable bonds is 0. The topological polar surface area (TPSA) is 34.1 Å². The van der Waals surface area contributed by atoms with Crippen molar-refractivity contribution in [3.8, 4) is 0 Å². The first-order valence-corrected chi connectivity index (χ1v) is 4.98. The molecule has 1 fully saturated rings. The fourth-order valence-electron chi connectivity index (χ4n) is 0.971. The third-order valence-electron chi connectivity index (χ3n) is 1.50. The highest BCUT2D eigenvalue weighted by Gasteiger charge is 2.13. The van der Waals surface area contributed by atoms with E-state index in [0.717, 1.165) is 25.7 Å². The van der Waals surface area contributed by atoms with Gasteiger partial charge in [-0.1, -0.05) is 12.8 Å². The molecule has 1 heterocycles. The van der Waals surface area contributed by atoms with E-state index < -0.39 is 9.84 Å². The summed E-state index contributed by atoms with van der Waals surface area (Å²) in [6, 6.07) is 0. The van der Waals surface area contributed by atoms with Crippen molar-refractivity contribution in [3.05, 3.63) is 5.75 Å². The van der Waals surface area contributed by atoms with Crippen LogP contribution >= 0.6 is 0 Å². The second kappa shape index (κ2) is 2.69. The summed E-state index contributed by atoms with van der Waals surface area (Å²) in [7, 11) is -2.74. The van der Waals surface area contributed by atoms with Crippen molar-refractivity contribution < 1.29 is 8.42 Å². The molecular weight excluding hydrogens is 136 g/mol. The maximum Gasteiger partial charge on any atom is 0.154 e. The Morgan fingerprint density at radius 2 is 1.89 bits per heavy atom. The average Bonchev–Trinajstić information content (AvgIpc) is 1.92. The van der Waals surface area contributed by atoms with Gasteiger partial charge in [-0.15, -0.1) is 0 Å². The zero-order valence-corrected chi connectivity index (χ0v) is 6.15. The van der Waals surface area contributed by atoms with Crippen LogP contribution in [-0.4, -0.2) is 14.2 Å². The summed E-state index contributed by atoms with van der Waals surface area (Å²) in [6.07, 6.45) is 3.70. The van der Waals surface area contributed by atoms with Gasteiger partial charge < -0.3 is 0 Å². The maximum atomic E-state index is 10.8. The molecule has 0 aromatic rings. The third kappa shape index (κ3) is 2.35. The number of sulfone groups is 1. The first-order chi connectivity index (χ1) is 4.21. The molecule has 0 saturated carbocycles. The van der Waals surface area contributed by atoms with Crippen LogP contribution in [0.5, 0.6) is 0 Å². The average molecular weight is 147 g/mol. The molecule has 0 unspecified atom stereocenters. The van der Waals surface area contributed by atoms with Crippen molar-refractivity contribution in [3.63, 3.8) is 0 Å². The third-order valence-corrected chi connectivity index (χ3v) is 3.11. The van der Waals surface area contributed by atoms with E-state index in [2.05, 4.69) is 0 Å². The molecule has 0 spiro atoms. The smallest absolute Gasteiger partial charge is 0.154 e. The molecule has 1 radical (unpaired) electrons. The summed E-state index contributed by atoms with van der Waals surface area (Å²) < 4.78 is 21.6. The molecule has 9 heavy (non-hydrogen) atoms. The first kappa shape index (κ1) is 7.06. The Morgan fingerprint density at radius 3 is 2.67 bits per heavy atom. The van der Waals surface area contributed by atoms with Gasteiger partial charge in [0.25, 0.3) is 0 Å². The largest absolute Gasteiger partial charge is 0.229 e. The van der Waals surface area contributed by atoms with Crippen LogP contribution in [0, 0.1) is 5.75 Å². The first-order valence-electron chi connectivity index (χ1n) is 3.27. The fraction of sp³-hybridized carbons (Fsp3) is 0.833. The molecule has 0 aromatic carbocycles. The Labute approximate surface area is 56.2 Å². The summed E-state index contributed by atoms with van der Waals surface area (Å²) in [5.74, 6) is 1.83. The van der Waals surface area contributed by atoms with E-state index >= 15 is 0 Å². The van der Waals surface area contributed by atoms with Gasteiger partial charge in [-0.2, -0.15) is 0 Å². The molecule has 0 aliphatic carbocycles. The van der Waals surface area contributed by atoms with Gasteiger partial charge in [0.2, 0.25) is 0 Å². The van der Waals surface area contributed by atoms with Crippen molar-refractivity contribution in [2.45, 2.75) is 25.7 Å². The fourth-order valence-corrected chi connectivity index (χ4v) is 2.27.